The Morgan fingerprint density at radius 3 is 1.80 bits per heavy atom. The van der Waals surface area contributed by atoms with E-state index in [1.165, 1.54) is 16.0 Å². The molecule has 4 aromatic rings. The normalized spacial score (nSPS) is 14.0. The van der Waals surface area contributed by atoms with Crippen molar-refractivity contribution < 1.29 is 29.3 Å². The highest BCUT2D eigenvalue weighted by atomic mass is 32.2. The maximum Gasteiger partial charge on any atom is 0.338 e. The van der Waals surface area contributed by atoms with Gasteiger partial charge in [0.15, 0.2) is 0 Å². The van der Waals surface area contributed by atoms with Crippen molar-refractivity contribution in [1.29, 1.82) is 0 Å². The van der Waals surface area contributed by atoms with Gasteiger partial charge in [-0.2, -0.15) is 0 Å². The molecule has 6 rings (SSSR count). The molecule has 0 heterocycles. The molecule has 0 atom stereocenters. The Bertz CT molecular complexity index is 1910. The second-order valence-corrected chi connectivity index (χ2v) is 13.5. The highest BCUT2D eigenvalue weighted by molar-refractivity contribution is 7.98. The number of carboxylic acids is 1. The van der Waals surface area contributed by atoms with Crippen molar-refractivity contribution in [2.45, 2.75) is 55.2 Å². The Hall–Kier alpha value is -4.40. The molecule has 0 aromatic heterocycles. The molecule has 4 aromatic carbocycles. The van der Waals surface area contributed by atoms with E-state index < -0.39 is 5.97 Å². The number of carbonyl (C=O) groups is 2. The molecule has 0 spiro atoms. The van der Waals surface area contributed by atoms with E-state index >= 15 is 0 Å². The fraction of sp³-hybridized carbons (Fsp3) is 0.268. The molecule has 2 aliphatic rings. The number of hydrogen-bond acceptors (Lipinski definition) is 7. The van der Waals surface area contributed by atoms with Gasteiger partial charge in [0.1, 0.15) is 11.5 Å². The summed E-state index contributed by atoms with van der Waals surface area (Å²) in [4.78, 5) is 25.6. The van der Waals surface area contributed by atoms with Crippen LogP contribution in [0.1, 0.15) is 88.4 Å². The molecule has 0 amide bonds. The minimum Gasteiger partial charge on any atom is -0.507 e. The predicted molar refractivity (Wildman–Crippen MR) is 202 cm³/mol. The Balaban J connectivity index is 0.000000192. The van der Waals surface area contributed by atoms with Gasteiger partial charge in [-0.05, 0) is 152 Å². The maximum atomic E-state index is 12.1. The molecule has 0 saturated heterocycles. The van der Waals surface area contributed by atoms with E-state index in [9.17, 15) is 19.8 Å². The number of aromatic carboxylic acids is 1. The van der Waals surface area contributed by atoms with Crippen LogP contribution in [0.15, 0.2) is 94.7 Å². The van der Waals surface area contributed by atoms with E-state index in [0.717, 1.165) is 82.6 Å². The third-order valence-electron chi connectivity index (χ3n) is 8.88. The van der Waals surface area contributed by atoms with Crippen LogP contribution in [-0.2, 0) is 4.74 Å². The number of aromatic hydroxyl groups is 1. The third kappa shape index (κ3) is 8.43. The Labute approximate surface area is 297 Å². The average molecular weight is 695 g/mol. The van der Waals surface area contributed by atoms with Crippen LogP contribution in [0.5, 0.6) is 11.5 Å². The van der Waals surface area contributed by atoms with Gasteiger partial charge >= 0.3 is 11.9 Å². The molecular formula is C41H42O6S2. The summed E-state index contributed by atoms with van der Waals surface area (Å²) >= 11 is 3.37. The van der Waals surface area contributed by atoms with Crippen molar-refractivity contribution in [1.82, 2.24) is 0 Å². The maximum absolute atomic E-state index is 12.1. The van der Waals surface area contributed by atoms with Gasteiger partial charge in [0, 0.05) is 20.9 Å². The third-order valence-corrected chi connectivity index (χ3v) is 10.3. The van der Waals surface area contributed by atoms with Crippen molar-refractivity contribution >= 4 is 57.8 Å². The Kier molecular flexibility index (Phi) is 12.3. The lowest BCUT2D eigenvalue weighted by Crippen LogP contribution is -2.04. The lowest BCUT2D eigenvalue weighted by molar-refractivity contribution is 0.0525. The number of rotatable bonds is 10. The molecule has 0 aliphatic heterocycles. The highest BCUT2D eigenvalue weighted by Crippen LogP contribution is 2.45. The molecular weight excluding hydrogens is 653 g/mol. The number of ether oxygens (including phenoxy) is 2. The second kappa shape index (κ2) is 16.8. The molecule has 254 valence electrons. The molecule has 0 fully saturated rings. The lowest BCUT2D eigenvalue weighted by atomic mass is 9.95. The average Bonchev–Trinajstić information content (AvgIpc) is 3.83. The van der Waals surface area contributed by atoms with Crippen LogP contribution < -0.4 is 4.74 Å². The van der Waals surface area contributed by atoms with Crippen molar-refractivity contribution in [3.63, 3.8) is 0 Å². The topological polar surface area (TPSA) is 93.1 Å². The summed E-state index contributed by atoms with van der Waals surface area (Å²) in [5.74, 6) is 0.000943. The van der Waals surface area contributed by atoms with Gasteiger partial charge in [0.2, 0.25) is 0 Å². The summed E-state index contributed by atoms with van der Waals surface area (Å²) in [5.41, 5.74) is 9.84. The molecule has 0 saturated carbocycles. The number of esters is 1. The molecule has 49 heavy (non-hydrogen) atoms. The zero-order valence-electron chi connectivity index (χ0n) is 28.4. The number of benzene rings is 4. The predicted octanol–water partition coefficient (Wildman–Crippen LogP) is 10.6. The van der Waals surface area contributed by atoms with Crippen molar-refractivity contribution in [2.24, 2.45) is 0 Å². The number of hydrogen-bond donors (Lipinski definition) is 2. The van der Waals surface area contributed by atoms with Gasteiger partial charge in [0.25, 0.3) is 0 Å². The van der Waals surface area contributed by atoms with Crippen LogP contribution in [0, 0.1) is 0 Å². The first kappa shape index (κ1) is 35.9. The lowest BCUT2D eigenvalue weighted by Gasteiger charge is -2.14. The summed E-state index contributed by atoms with van der Waals surface area (Å²) in [6, 6.07) is 26.8. The number of phenolic OH excluding ortho intramolecular Hbond substituents is 1. The quantitative estimate of drug-likeness (QED) is 0.125. The fourth-order valence-corrected chi connectivity index (χ4v) is 7.42. The first-order valence-electron chi connectivity index (χ1n) is 16.4. The number of allylic oxidation sites excluding steroid dienone is 4. The number of carbonyl (C=O) groups excluding carboxylic acids is 1. The van der Waals surface area contributed by atoms with Crippen LogP contribution in [0.2, 0.25) is 0 Å². The van der Waals surface area contributed by atoms with Crippen molar-refractivity contribution in [3.05, 3.63) is 118 Å². The summed E-state index contributed by atoms with van der Waals surface area (Å²) in [7, 11) is 1.72. The zero-order chi connectivity index (χ0) is 34.9. The van der Waals surface area contributed by atoms with E-state index in [1.54, 1.807) is 54.9 Å². The van der Waals surface area contributed by atoms with Gasteiger partial charge in [-0.15, -0.1) is 23.5 Å². The SMILES string of the molecule is CCOC(=O)c1cccc(C2=C(c3cc(SC)ccc3OC)CCC2)c1.CSc1ccc(O)c(C2=C(c3cccc(C(=O)O)c3)CCC2)c1. The summed E-state index contributed by atoms with van der Waals surface area (Å²) in [6.07, 6.45) is 10.1. The Morgan fingerprint density at radius 1 is 0.694 bits per heavy atom. The first-order valence-corrected chi connectivity index (χ1v) is 18.9. The largest absolute Gasteiger partial charge is 0.507 e. The monoisotopic (exact) mass is 694 g/mol. The van der Waals surface area contributed by atoms with Gasteiger partial charge in [-0.1, -0.05) is 24.3 Å². The van der Waals surface area contributed by atoms with Crippen molar-refractivity contribution in [3.8, 4) is 11.5 Å². The molecule has 8 heteroatoms. The van der Waals surface area contributed by atoms with Gasteiger partial charge in [-0.3, -0.25) is 0 Å². The number of carboxylic acid groups (broad SMARTS) is 1. The van der Waals surface area contributed by atoms with Crippen LogP contribution in [0.3, 0.4) is 0 Å². The minimum atomic E-state index is -0.917. The van der Waals surface area contributed by atoms with E-state index in [1.807, 2.05) is 55.6 Å². The molecule has 0 unspecified atom stereocenters. The summed E-state index contributed by atoms with van der Waals surface area (Å²) in [6.45, 7) is 2.21. The van der Waals surface area contributed by atoms with E-state index in [2.05, 4.69) is 24.5 Å². The van der Waals surface area contributed by atoms with Gasteiger partial charge in [0.05, 0.1) is 24.8 Å². The molecule has 2 N–H and O–H groups in total. The van der Waals surface area contributed by atoms with Crippen LogP contribution in [0.25, 0.3) is 22.3 Å². The molecule has 0 bridgehead atoms. The van der Waals surface area contributed by atoms with E-state index in [4.69, 9.17) is 9.47 Å². The molecule has 0 radical (unpaired) electrons. The number of methoxy groups -OCH3 is 1. The van der Waals surface area contributed by atoms with E-state index in [0.29, 0.717) is 17.7 Å². The van der Waals surface area contributed by atoms with Crippen LogP contribution in [-0.4, -0.2) is 48.4 Å². The number of thioether (sulfide) groups is 2. The zero-order valence-corrected chi connectivity index (χ0v) is 30.0. The van der Waals surface area contributed by atoms with Crippen LogP contribution >= 0.6 is 23.5 Å². The standard InChI is InChI=1S/C22H24O3S.C19H18O3S/c1-4-25-22(23)16-8-5-7-15(13-16)18-9-6-10-19(18)20-14-17(26-3)11-12-21(20)24-2;1-23-14-8-9-18(20)17(11-14)16-7-3-6-15(16)12-4-2-5-13(10-12)19(21)22/h5,7-8,11-14H,4,6,9-10H2,1-3H3;2,4-5,8-11,20H,3,6-7H2,1H3,(H,21,22). The second-order valence-electron chi connectivity index (χ2n) is 11.8. The first-order chi connectivity index (χ1) is 23.8. The smallest absolute Gasteiger partial charge is 0.338 e. The molecule has 6 nitrogen and oxygen atoms in total. The number of phenols is 1. The summed E-state index contributed by atoms with van der Waals surface area (Å²) < 4.78 is 10.8. The molecule has 2 aliphatic carbocycles. The summed E-state index contributed by atoms with van der Waals surface area (Å²) in [5, 5.41) is 19.4. The van der Waals surface area contributed by atoms with E-state index in [-0.39, 0.29) is 11.7 Å². The van der Waals surface area contributed by atoms with Gasteiger partial charge < -0.3 is 19.7 Å². The minimum absolute atomic E-state index is 0.267. The van der Waals surface area contributed by atoms with Crippen molar-refractivity contribution in [2.75, 3.05) is 26.2 Å². The van der Waals surface area contributed by atoms with Crippen LogP contribution in [0.4, 0.5) is 0 Å². The fourth-order valence-electron chi connectivity index (χ4n) is 6.54. The Morgan fingerprint density at radius 2 is 1.22 bits per heavy atom. The highest BCUT2D eigenvalue weighted by Gasteiger charge is 2.23. The van der Waals surface area contributed by atoms with Gasteiger partial charge in [-0.25, -0.2) is 9.59 Å².